The van der Waals surface area contributed by atoms with E-state index in [9.17, 15) is 45.0 Å². The van der Waals surface area contributed by atoms with Gasteiger partial charge in [0.2, 0.25) is 10.0 Å². The Morgan fingerprint density at radius 1 is 1.03 bits per heavy atom. The number of aromatic hydroxyl groups is 1. The normalized spacial score (nSPS) is 13.7. The Kier molecular flexibility index (Phi) is 7.50. The average Bonchev–Trinajstić information content (AvgIpc) is 2.95. The molecule has 0 unspecified atom stereocenters. The van der Waals surface area contributed by atoms with Crippen molar-refractivity contribution in [2.45, 2.75) is 35.8 Å². The second-order valence-corrected chi connectivity index (χ2v) is 10.5. The van der Waals surface area contributed by atoms with E-state index in [2.05, 4.69) is 0 Å². The highest BCUT2D eigenvalue weighted by Crippen LogP contribution is 2.46. The summed E-state index contributed by atoms with van der Waals surface area (Å²) in [5, 5.41) is 18.9. The number of nitrogens with zero attached hydrogens (tertiary/aromatic N) is 1. The molecule has 1 heterocycles. The fraction of sp³-hybridized carbons (Fsp3) is 0.375. The number of hydrogen-bond acceptors (Lipinski definition) is 5. The highest BCUT2D eigenvalue weighted by molar-refractivity contribution is 7.89. The molecule has 0 aliphatic heterocycles. The summed E-state index contributed by atoms with van der Waals surface area (Å²) in [6, 6.07) is 5.79. The van der Waals surface area contributed by atoms with E-state index in [1.807, 2.05) is 0 Å². The molecule has 1 aromatic carbocycles. The van der Waals surface area contributed by atoms with Gasteiger partial charge in [0, 0.05) is 19.5 Å². The first-order chi connectivity index (χ1) is 14.0. The molecule has 0 bridgehead atoms. The summed E-state index contributed by atoms with van der Waals surface area (Å²) in [6.45, 7) is -2.09. The smallest absolute Gasteiger partial charge is 0.426 e. The van der Waals surface area contributed by atoms with E-state index in [0.717, 1.165) is 12.1 Å². The lowest BCUT2D eigenvalue weighted by molar-refractivity contribution is -0.369. The third-order valence-electron chi connectivity index (χ3n) is 4.17. The average molecular weight is 532 g/mol. The maximum Gasteiger partial charge on any atom is 0.426 e. The van der Waals surface area contributed by atoms with Crippen molar-refractivity contribution in [2.75, 3.05) is 6.54 Å². The predicted molar refractivity (Wildman–Crippen MR) is 102 cm³/mol. The fourth-order valence-corrected chi connectivity index (χ4v) is 6.06. The largest absolute Gasteiger partial charge is 0.508 e. The van der Waals surface area contributed by atoms with Crippen LogP contribution in [-0.4, -0.2) is 47.4 Å². The van der Waals surface area contributed by atoms with Gasteiger partial charge in [0.15, 0.2) is 0 Å². The van der Waals surface area contributed by atoms with Crippen LogP contribution < -0.4 is 0 Å². The van der Waals surface area contributed by atoms with Crippen LogP contribution >= 0.6 is 34.5 Å². The lowest BCUT2D eigenvalue weighted by atomic mass is 9.98. The third-order valence-corrected chi connectivity index (χ3v) is 7.77. The van der Waals surface area contributed by atoms with E-state index in [1.54, 1.807) is 0 Å². The Morgan fingerprint density at radius 3 is 2.06 bits per heavy atom. The lowest BCUT2D eigenvalue weighted by Gasteiger charge is -2.34. The Hall–Kier alpha value is -1.25. The number of alkyl halides is 6. The Bertz CT molecular complexity index is 1030. The van der Waals surface area contributed by atoms with Gasteiger partial charge in [0.1, 0.15) is 15.0 Å². The van der Waals surface area contributed by atoms with Crippen molar-refractivity contribution in [3.63, 3.8) is 0 Å². The predicted octanol–water partition coefficient (Wildman–Crippen LogP) is 5.20. The summed E-state index contributed by atoms with van der Waals surface area (Å²) in [7, 11) is -4.74. The van der Waals surface area contributed by atoms with Gasteiger partial charge in [0.05, 0.1) is 4.34 Å². The van der Waals surface area contributed by atoms with Gasteiger partial charge in [-0.15, -0.1) is 11.3 Å². The molecular formula is C16H13Cl2F6NO4S2. The van der Waals surface area contributed by atoms with Crippen LogP contribution in [0, 0.1) is 0 Å². The van der Waals surface area contributed by atoms with E-state index in [1.165, 1.54) is 18.2 Å². The van der Waals surface area contributed by atoms with E-state index in [0.29, 0.717) is 11.3 Å². The number of phenolic OH excluding ortho intramolecular Hbond substituents is 1. The Balaban J connectivity index is 2.48. The number of aliphatic hydroxyl groups is 1. The van der Waals surface area contributed by atoms with Gasteiger partial charge in [-0.2, -0.15) is 30.6 Å². The van der Waals surface area contributed by atoms with Crippen LogP contribution in [0.25, 0.3) is 0 Å². The zero-order valence-corrected chi connectivity index (χ0v) is 18.2. The summed E-state index contributed by atoms with van der Waals surface area (Å²) in [6.07, 6.45) is -14.3. The molecule has 0 aliphatic rings. The molecule has 1 aromatic heterocycles. The lowest BCUT2D eigenvalue weighted by Crippen LogP contribution is -2.58. The molecule has 31 heavy (non-hydrogen) atoms. The molecule has 15 heteroatoms. The van der Waals surface area contributed by atoms with Crippen LogP contribution in [0.5, 0.6) is 5.75 Å². The van der Waals surface area contributed by atoms with Crippen molar-refractivity contribution in [1.82, 2.24) is 4.31 Å². The van der Waals surface area contributed by atoms with Crippen molar-refractivity contribution in [3.05, 3.63) is 44.6 Å². The number of thiophene rings is 1. The SMILES string of the molecule is O=S(=O)(c1cc(Cl)sc1Cl)N(CCC(O)(C(F)(F)F)C(F)(F)F)Cc1cccc(O)c1. The third kappa shape index (κ3) is 5.57. The first kappa shape index (κ1) is 26.0. The molecule has 5 nitrogen and oxygen atoms in total. The molecule has 0 radical (unpaired) electrons. The highest BCUT2D eigenvalue weighted by atomic mass is 35.5. The first-order valence-electron chi connectivity index (χ1n) is 8.08. The molecule has 2 rings (SSSR count). The number of benzene rings is 1. The summed E-state index contributed by atoms with van der Waals surface area (Å²) < 4.78 is 104. The van der Waals surface area contributed by atoms with Crippen LogP contribution in [0.4, 0.5) is 26.3 Å². The minimum absolute atomic E-state index is 0.0589. The summed E-state index contributed by atoms with van der Waals surface area (Å²) in [4.78, 5) is -0.619. The first-order valence-corrected chi connectivity index (χ1v) is 11.1. The maximum atomic E-state index is 13.0. The summed E-state index contributed by atoms with van der Waals surface area (Å²) in [5.41, 5.74) is -5.09. The van der Waals surface area contributed by atoms with E-state index in [-0.39, 0.29) is 24.3 Å². The molecule has 0 amide bonds. The summed E-state index contributed by atoms with van der Waals surface area (Å²) in [5.74, 6) is -0.312. The van der Waals surface area contributed by atoms with Gasteiger partial charge >= 0.3 is 12.4 Å². The van der Waals surface area contributed by atoms with Gasteiger partial charge in [-0.05, 0) is 23.8 Å². The van der Waals surface area contributed by atoms with Crippen molar-refractivity contribution in [3.8, 4) is 5.75 Å². The molecule has 2 N–H and O–H groups in total. The number of rotatable bonds is 7. The topological polar surface area (TPSA) is 77.8 Å². The molecule has 2 aromatic rings. The molecule has 0 spiro atoms. The van der Waals surface area contributed by atoms with Crippen LogP contribution in [0.1, 0.15) is 12.0 Å². The second kappa shape index (κ2) is 8.94. The zero-order valence-electron chi connectivity index (χ0n) is 15.0. The minimum atomic E-state index is -6.12. The number of hydrogen-bond donors (Lipinski definition) is 2. The van der Waals surface area contributed by atoms with Crippen LogP contribution in [-0.2, 0) is 16.6 Å². The Labute approximate surface area is 186 Å². The van der Waals surface area contributed by atoms with Crippen LogP contribution in [0.15, 0.2) is 35.2 Å². The van der Waals surface area contributed by atoms with E-state index >= 15 is 0 Å². The van der Waals surface area contributed by atoms with Crippen molar-refractivity contribution >= 4 is 44.6 Å². The fourth-order valence-electron chi connectivity index (χ4n) is 2.51. The molecule has 174 valence electrons. The van der Waals surface area contributed by atoms with Gasteiger partial charge in [-0.1, -0.05) is 35.3 Å². The van der Waals surface area contributed by atoms with Gasteiger partial charge in [0.25, 0.3) is 5.60 Å². The van der Waals surface area contributed by atoms with Crippen LogP contribution in [0.3, 0.4) is 0 Å². The maximum absolute atomic E-state index is 13.0. The number of sulfonamides is 1. The summed E-state index contributed by atoms with van der Waals surface area (Å²) >= 11 is 12.2. The highest BCUT2D eigenvalue weighted by Gasteiger charge is 2.70. The standard InChI is InChI=1S/C16H13Cl2F6NO4S2/c17-12-7-11(13(18)30-12)31(28,29)25(8-9-2-1-3-10(26)6-9)5-4-14(27,15(19,20)21)16(22,23)24/h1-3,6-7,26-27H,4-5,8H2. The minimum Gasteiger partial charge on any atom is -0.508 e. The molecule has 0 saturated heterocycles. The molecule has 0 atom stereocenters. The quantitative estimate of drug-likeness (QED) is 0.481. The monoisotopic (exact) mass is 531 g/mol. The van der Waals surface area contributed by atoms with Crippen LogP contribution in [0.2, 0.25) is 8.67 Å². The Morgan fingerprint density at radius 2 is 1.61 bits per heavy atom. The van der Waals surface area contributed by atoms with E-state index in [4.69, 9.17) is 23.2 Å². The molecular weight excluding hydrogens is 519 g/mol. The molecule has 0 saturated carbocycles. The number of phenols is 1. The van der Waals surface area contributed by atoms with Crippen molar-refractivity contribution < 1.29 is 45.0 Å². The van der Waals surface area contributed by atoms with Crippen molar-refractivity contribution in [1.29, 1.82) is 0 Å². The molecule has 0 fully saturated rings. The molecule has 0 aliphatic carbocycles. The van der Waals surface area contributed by atoms with Gasteiger partial charge in [-0.3, -0.25) is 0 Å². The van der Waals surface area contributed by atoms with Crippen molar-refractivity contribution in [2.24, 2.45) is 0 Å². The van der Waals surface area contributed by atoms with Gasteiger partial charge < -0.3 is 10.2 Å². The number of halogens is 8. The van der Waals surface area contributed by atoms with E-state index < -0.39 is 52.4 Å². The zero-order chi connectivity index (χ0) is 23.8. The van der Waals surface area contributed by atoms with Gasteiger partial charge in [-0.25, -0.2) is 8.42 Å². The second-order valence-electron chi connectivity index (χ2n) is 6.30.